The molecule has 2 saturated heterocycles. The Bertz CT molecular complexity index is 565. The molecule has 3 amide bonds. The lowest BCUT2D eigenvalue weighted by molar-refractivity contribution is -0.132. The summed E-state index contributed by atoms with van der Waals surface area (Å²) in [5.41, 5.74) is 0.158. The summed E-state index contributed by atoms with van der Waals surface area (Å²) >= 11 is 1.26. The summed E-state index contributed by atoms with van der Waals surface area (Å²) in [4.78, 5) is 27.1. The third-order valence-electron chi connectivity index (χ3n) is 4.14. The van der Waals surface area contributed by atoms with Gasteiger partial charge in [0.25, 0.3) is 5.91 Å². The molecule has 0 radical (unpaired) electrons. The van der Waals surface area contributed by atoms with Crippen LogP contribution in [0.3, 0.4) is 0 Å². The summed E-state index contributed by atoms with van der Waals surface area (Å²) in [6.45, 7) is 5.82. The van der Waals surface area contributed by atoms with Crippen molar-refractivity contribution in [3.63, 3.8) is 0 Å². The molecule has 0 atom stereocenters. The fraction of sp³-hybridized carbons (Fsp3) is 0.692. The lowest BCUT2D eigenvalue weighted by Gasteiger charge is -2.31. The number of hydrogen-bond donors (Lipinski definition) is 2. The molecule has 2 fully saturated rings. The summed E-state index contributed by atoms with van der Waals surface area (Å²) in [5, 5.41) is 10.2. The van der Waals surface area contributed by atoms with Crippen molar-refractivity contribution < 1.29 is 9.59 Å². The quantitative estimate of drug-likeness (QED) is 0.808. The molecule has 0 aliphatic carbocycles. The molecule has 21 heavy (non-hydrogen) atoms. The van der Waals surface area contributed by atoms with E-state index in [-0.39, 0.29) is 24.4 Å². The van der Waals surface area contributed by atoms with E-state index in [4.69, 9.17) is 0 Å². The highest BCUT2D eigenvalue weighted by molar-refractivity contribution is 7.05. The SMILES string of the molecule is CC(C)c1nnsc1CN1C(=O)NC2(CCNCC2)C1=O. The first kappa shape index (κ1) is 14.4. The average molecular weight is 309 g/mol. The van der Waals surface area contributed by atoms with Crippen LogP contribution in [0.1, 0.15) is 43.2 Å². The van der Waals surface area contributed by atoms with Crippen LogP contribution in [-0.2, 0) is 11.3 Å². The number of carbonyl (C=O) groups excluding carboxylic acids is 2. The van der Waals surface area contributed by atoms with E-state index in [2.05, 4.69) is 20.2 Å². The summed E-state index contributed by atoms with van der Waals surface area (Å²) in [7, 11) is 0. The van der Waals surface area contributed by atoms with Crippen molar-refractivity contribution in [2.24, 2.45) is 0 Å². The fourth-order valence-corrected chi connectivity index (χ4v) is 3.70. The minimum absolute atomic E-state index is 0.114. The van der Waals surface area contributed by atoms with Gasteiger partial charge in [-0.3, -0.25) is 9.69 Å². The van der Waals surface area contributed by atoms with Gasteiger partial charge in [0.05, 0.1) is 17.1 Å². The maximum Gasteiger partial charge on any atom is 0.325 e. The summed E-state index contributed by atoms with van der Waals surface area (Å²) in [6.07, 6.45) is 1.29. The maximum atomic E-state index is 12.7. The van der Waals surface area contributed by atoms with E-state index in [1.165, 1.54) is 16.4 Å². The third kappa shape index (κ3) is 2.42. The highest BCUT2D eigenvalue weighted by Gasteiger charge is 2.51. The van der Waals surface area contributed by atoms with Gasteiger partial charge in [-0.2, -0.15) is 0 Å². The average Bonchev–Trinajstić information content (AvgIpc) is 3.00. The Hall–Kier alpha value is -1.54. The largest absolute Gasteiger partial charge is 0.325 e. The molecule has 2 aliphatic rings. The summed E-state index contributed by atoms with van der Waals surface area (Å²) < 4.78 is 3.95. The normalized spacial score (nSPS) is 21.4. The van der Waals surface area contributed by atoms with Gasteiger partial charge in [-0.05, 0) is 43.4 Å². The number of carbonyl (C=O) groups is 2. The molecule has 3 rings (SSSR count). The van der Waals surface area contributed by atoms with Crippen LogP contribution in [0.25, 0.3) is 0 Å². The molecule has 114 valence electrons. The Morgan fingerprint density at radius 3 is 2.71 bits per heavy atom. The number of hydrogen-bond acceptors (Lipinski definition) is 6. The van der Waals surface area contributed by atoms with Gasteiger partial charge in [-0.25, -0.2) is 4.79 Å². The van der Waals surface area contributed by atoms with Gasteiger partial charge in [0, 0.05) is 0 Å². The van der Waals surface area contributed by atoms with Gasteiger partial charge < -0.3 is 10.6 Å². The van der Waals surface area contributed by atoms with Gasteiger partial charge >= 0.3 is 6.03 Å². The predicted molar refractivity (Wildman–Crippen MR) is 77.9 cm³/mol. The van der Waals surface area contributed by atoms with Gasteiger partial charge in [-0.1, -0.05) is 18.3 Å². The Kier molecular flexibility index (Phi) is 3.66. The van der Waals surface area contributed by atoms with Gasteiger partial charge in [-0.15, -0.1) is 5.10 Å². The van der Waals surface area contributed by atoms with Crippen molar-refractivity contribution in [2.45, 2.75) is 44.7 Å². The molecule has 2 N–H and O–H groups in total. The second kappa shape index (κ2) is 5.34. The number of nitrogens with zero attached hydrogens (tertiary/aromatic N) is 3. The number of imide groups is 1. The maximum absolute atomic E-state index is 12.7. The van der Waals surface area contributed by atoms with Gasteiger partial charge in [0.1, 0.15) is 5.54 Å². The molecule has 0 unspecified atom stereocenters. The number of amides is 3. The van der Waals surface area contributed by atoms with Crippen LogP contribution in [0.4, 0.5) is 4.79 Å². The molecule has 2 aliphatic heterocycles. The third-order valence-corrected chi connectivity index (χ3v) is 4.86. The molecular weight excluding hydrogens is 290 g/mol. The highest BCUT2D eigenvalue weighted by atomic mass is 32.1. The van der Waals surface area contributed by atoms with E-state index in [0.717, 1.165) is 23.7 Å². The number of rotatable bonds is 3. The van der Waals surface area contributed by atoms with Crippen molar-refractivity contribution in [3.05, 3.63) is 10.6 Å². The zero-order chi connectivity index (χ0) is 15.0. The van der Waals surface area contributed by atoms with Crippen LogP contribution >= 0.6 is 11.5 Å². The Labute approximate surface area is 127 Å². The van der Waals surface area contributed by atoms with Crippen LogP contribution < -0.4 is 10.6 Å². The Morgan fingerprint density at radius 1 is 1.33 bits per heavy atom. The zero-order valence-electron chi connectivity index (χ0n) is 12.2. The van der Waals surface area contributed by atoms with Crippen LogP contribution in [0.5, 0.6) is 0 Å². The van der Waals surface area contributed by atoms with E-state index in [0.29, 0.717) is 12.8 Å². The molecule has 0 aromatic carbocycles. The van der Waals surface area contributed by atoms with Crippen LogP contribution in [-0.4, -0.2) is 45.1 Å². The molecule has 1 aromatic rings. The molecule has 1 spiro atoms. The van der Waals surface area contributed by atoms with Crippen molar-refractivity contribution in [2.75, 3.05) is 13.1 Å². The number of piperidine rings is 1. The first-order valence-electron chi connectivity index (χ1n) is 7.19. The number of urea groups is 1. The Morgan fingerprint density at radius 2 is 2.05 bits per heavy atom. The predicted octanol–water partition coefficient (Wildman–Crippen LogP) is 0.835. The van der Waals surface area contributed by atoms with Crippen LogP contribution in [0.2, 0.25) is 0 Å². The van der Waals surface area contributed by atoms with Gasteiger partial charge in [0.15, 0.2) is 0 Å². The van der Waals surface area contributed by atoms with E-state index < -0.39 is 5.54 Å². The van der Waals surface area contributed by atoms with Crippen molar-refractivity contribution in [1.82, 2.24) is 25.1 Å². The second-order valence-corrected chi connectivity index (χ2v) is 6.73. The lowest BCUT2D eigenvalue weighted by atomic mass is 9.88. The van der Waals surface area contributed by atoms with Crippen molar-refractivity contribution in [1.29, 1.82) is 0 Å². The lowest BCUT2D eigenvalue weighted by Crippen LogP contribution is -2.53. The molecular formula is C13H19N5O2S. The zero-order valence-corrected chi connectivity index (χ0v) is 13.0. The van der Waals surface area contributed by atoms with Crippen molar-refractivity contribution >= 4 is 23.5 Å². The first-order valence-corrected chi connectivity index (χ1v) is 7.97. The van der Waals surface area contributed by atoms with E-state index >= 15 is 0 Å². The van der Waals surface area contributed by atoms with Gasteiger partial charge in [0.2, 0.25) is 0 Å². The van der Waals surface area contributed by atoms with Crippen LogP contribution in [0, 0.1) is 0 Å². The molecule has 7 nitrogen and oxygen atoms in total. The standard InChI is InChI=1S/C13H19N5O2S/c1-8(2)10-9(21-17-16-10)7-18-11(19)13(15-12(18)20)3-5-14-6-4-13/h8,14H,3-7H2,1-2H3,(H,15,20). The molecule has 0 saturated carbocycles. The molecule has 1 aromatic heterocycles. The molecule has 0 bridgehead atoms. The number of nitrogens with one attached hydrogen (secondary N) is 2. The summed E-state index contributed by atoms with van der Waals surface area (Å²) in [6, 6.07) is -0.301. The second-order valence-electron chi connectivity index (χ2n) is 5.89. The fourth-order valence-electron chi connectivity index (χ4n) is 2.92. The van der Waals surface area contributed by atoms with E-state index in [9.17, 15) is 9.59 Å². The first-order chi connectivity index (χ1) is 10.0. The number of aromatic nitrogens is 2. The van der Waals surface area contributed by atoms with Crippen LogP contribution in [0.15, 0.2) is 0 Å². The topological polar surface area (TPSA) is 87.2 Å². The highest BCUT2D eigenvalue weighted by Crippen LogP contribution is 2.29. The smallest absolute Gasteiger partial charge is 0.323 e. The minimum atomic E-state index is -0.710. The Balaban J connectivity index is 1.81. The molecule has 3 heterocycles. The van der Waals surface area contributed by atoms with Crippen molar-refractivity contribution in [3.8, 4) is 0 Å². The summed E-state index contributed by atoms with van der Waals surface area (Å²) in [5.74, 6) is 0.115. The minimum Gasteiger partial charge on any atom is -0.323 e. The molecule has 8 heteroatoms. The monoisotopic (exact) mass is 309 g/mol. The van der Waals surface area contributed by atoms with E-state index in [1.54, 1.807) is 0 Å². The van der Waals surface area contributed by atoms with E-state index in [1.807, 2.05) is 13.8 Å².